The summed E-state index contributed by atoms with van der Waals surface area (Å²) in [5.74, 6) is 1.35. The first-order valence-corrected chi connectivity index (χ1v) is 6.29. The fraction of sp³-hybridized carbons (Fsp3) is 0.200. The molecule has 2 aromatic rings. The average molecular weight is 275 g/mol. The van der Waals surface area contributed by atoms with Crippen LogP contribution >= 0.6 is 0 Å². The third-order valence-corrected chi connectivity index (χ3v) is 3.02. The largest absolute Gasteiger partial charge is 0.486 e. The predicted octanol–water partition coefficient (Wildman–Crippen LogP) is 2.76. The van der Waals surface area contributed by atoms with E-state index >= 15 is 0 Å². The highest BCUT2D eigenvalue weighted by Gasteiger charge is 2.15. The Hall–Kier alpha value is -2.43. The van der Waals surface area contributed by atoms with Crippen LogP contribution in [0.4, 0.5) is 10.1 Å². The monoisotopic (exact) mass is 275 g/mol. The molecule has 104 valence electrons. The van der Waals surface area contributed by atoms with Gasteiger partial charge in [0, 0.05) is 17.7 Å². The SMILES string of the molecule is Nc1cc2c(cc1OCc1ccccc1F)OCCO2. The molecule has 0 fully saturated rings. The minimum absolute atomic E-state index is 0.108. The number of anilines is 1. The summed E-state index contributed by atoms with van der Waals surface area (Å²) in [5.41, 5.74) is 6.80. The van der Waals surface area contributed by atoms with Gasteiger partial charge in [-0.05, 0) is 6.07 Å². The van der Waals surface area contributed by atoms with E-state index in [2.05, 4.69) is 0 Å². The van der Waals surface area contributed by atoms with Gasteiger partial charge in [0.15, 0.2) is 11.5 Å². The molecule has 0 saturated heterocycles. The minimum atomic E-state index is -0.302. The van der Waals surface area contributed by atoms with E-state index in [0.717, 1.165) is 0 Å². The Morgan fingerprint density at radius 3 is 2.55 bits per heavy atom. The summed E-state index contributed by atoms with van der Waals surface area (Å²) in [5, 5.41) is 0. The zero-order chi connectivity index (χ0) is 13.9. The van der Waals surface area contributed by atoms with Crippen molar-refractivity contribution < 1.29 is 18.6 Å². The molecule has 2 aromatic carbocycles. The molecular formula is C15H14FNO3. The van der Waals surface area contributed by atoms with Crippen molar-refractivity contribution in [3.8, 4) is 17.2 Å². The van der Waals surface area contributed by atoms with Gasteiger partial charge >= 0.3 is 0 Å². The smallest absolute Gasteiger partial charge is 0.165 e. The van der Waals surface area contributed by atoms with Crippen LogP contribution in [0.25, 0.3) is 0 Å². The molecule has 0 amide bonds. The van der Waals surface area contributed by atoms with Gasteiger partial charge in [-0.1, -0.05) is 18.2 Å². The highest BCUT2D eigenvalue weighted by atomic mass is 19.1. The van der Waals surface area contributed by atoms with Crippen molar-refractivity contribution in [1.29, 1.82) is 0 Å². The molecule has 1 heterocycles. The topological polar surface area (TPSA) is 53.7 Å². The fourth-order valence-corrected chi connectivity index (χ4v) is 1.98. The normalized spacial score (nSPS) is 13.1. The molecule has 0 bridgehead atoms. The number of benzene rings is 2. The highest BCUT2D eigenvalue weighted by molar-refractivity contribution is 5.62. The zero-order valence-corrected chi connectivity index (χ0v) is 10.8. The van der Waals surface area contributed by atoms with Crippen LogP contribution in [0.3, 0.4) is 0 Å². The summed E-state index contributed by atoms with van der Waals surface area (Å²) in [6.07, 6.45) is 0. The van der Waals surface area contributed by atoms with Crippen molar-refractivity contribution in [2.24, 2.45) is 0 Å². The lowest BCUT2D eigenvalue weighted by atomic mass is 10.2. The minimum Gasteiger partial charge on any atom is -0.486 e. The van der Waals surface area contributed by atoms with Gasteiger partial charge in [-0.3, -0.25) is 0 Å². The first-order valence-electron chi connectivity index (χ1n) is 6.29. The Morgan fingerprint density at radius 2 is 1.80 bits per heavy atom. The van der Waals surface area contributed by atoms with Crippen molar-refractivity contribution in [3.63, 3.8) is 0 Å². The van der Waals surface area contributed by atoms with E-state index in [-0.39, 0.29) is 12.4 Å². The van der Waals surface area contributed by atoms with Crippen LogP contribution in [0.1, 0.15) is 5.56 Å². The summed E-state index contributed by atoms with van der Waals surface area (Å²) in [6.45, 7) is 1.10. The van der Waals surface area contributed by atoms with E-state index in [1.54, 1.807) is 30.3 Å². The average Bonchev–Trinajstić information content (AvgIpc) is 2.46. The van der Waals surface area contributed by atoms with Crippen LogP contribution in [0.5, 0.6) is 17.2 Å². The first kappa shape index (κ1) is 12.6. The van der Waals surface area contributed by atoms with Crippen LogP contribution < -0.4 is 19.9 Å². The number of ether oxygens (including phenoxy) is 3. The molecule has 1 aliphatic heterocycles. The fourth-order valence-electron chi connectivity index (χ4n) is 1.98. The van der Waals surface area contributed by atoms with Gasteiger partial charge in [-0.25, -0.2) is 4.39 Å². The molecule has 0 aromatic heterocycles. The number of halogens is 1. The van der Waals surface area contributed by atoms with Crippen LogP contribution in [0.15, 0.2) is 36.4 Å². The van der Waals surface area contributed by atoms with Crippen molar-refractivity contribution in [1.82, 2.24) is 0 Å². The van der Waals surface area contributed by atoms with Gasteiger partial charge in [0.2, 0.25) is 0 Å². The van der Waals surface area contributed by atoms with Gasteiger partial charge in [-0.15, -0.1) is 0 Å². The maximum atomic E-state index is 13.5. The van der Waals surface area contributed by atoms with Crippen LogP contribution in [-0.4, -0.2) is 13.2 Å². The van der Waals surface area contributed by atoms with Crippen molar-refractivity contribution in [3.05, 3.63) is 47.8 Å². The van der Waals surface area contributed by atoms with Crippen molar-refractivity contribution >= 4 is 5.69 Å². The third kappa shape index (κ3) is 2.47. The number of rotatable bonds is 3. The molecule has 0 radical (unpaired) electrons. The molecule has 0 unspecified atom stereocenters. The number of hydrogen-bond acceptors (Lipinski definition) is 4. The molecule has 0 aliphatic carbocycles. The van der Waals surface area contributed by atoms with Crippen molar-refractivity contribution in [2.75, 3.05) is 18.9 Å². The van der Waals surface area contributed by atoms with E-state index in [4.69, 9.17) is 19.9 Å². The van der Waals surface area contributed by atoms with Gasteiger partial charge in [0.1, 0.15) is 31.4 Å². The van der Waals surface area contributed by atoms with Crippen LogP contribution in [0.2, 0.25) is 0 Å². The molecule has 5 heteroatoms. The van der Waals surface area contributed by atoms with Gasteiger partial charge in [0.25, 0.3) is 0 Å². The lowest BCUT2D eigenvalue weighted by Crippen LogP contribution is -2.15. The summed E-state index contributed by atoms with van der Waals surface area (Å²) < 4.78 is 30.0. The second-order valence-electron chi connectivity index (χ2n) is 4.41. The summed E-state index contributed by atoms with van der Waals surface area (Å²) >= 11 is 0. The highest BCUT2D eigenvalue weighted by Crippen LogP contribution is 2.38. The Balaban J connectivity index is 1.79. The molecule has 3 rings (SSSR count). The van der Waals surface area contributed by atoms with E-state index in [9.17, 15) is 4.39 Å². The van der Waals surface area contributed by atoms with E-state index in [0.29, 0.717) is 41.7 Å². The van der Waals surface area contributed by atoms with Gasteiger partial charge < -0.3 is 19.9 Å². The van der Waals surface area contributed by atoms with Gasteiger partial charge in [-0.2, -0.15) is 0 Å². The van der Waals surface area contributed by atoms with Gasteiger partial charge in [0.05, 0.1) is 5.69 Å². The molecule has 0 spiro atoms. The number of nitrogen functional groups attached to an aromatic ring is 1. The summed E-state index contributed by atoms with van der Waals surface area (Å²) in [7, 11) is 0. The summed E-state index contributed by atoms with van der Waals surface area (Å²) in [4.78, 5) is 0. The third-order valence-electron chi connectivity index (χ3n) is 3.02. The molecule has 20 heavy (non-hydrogen) atoms. The van der Waals surface area contributed by atoms with Crippen LogP contribution in [0, 0.1) is 5.82 Å². The Kier molecular flexibility index (Phi) is 3.33. The molecule has 4 nitrogen and oxygen atoms in total. The molecular weight excluding hydrogens is 261 g/mol. The van der Waals surface area contributed by atoms with E-state index in [1.807, 2.05) is 0 Å². The quantitative estimate of drug-likeness (QED) is 0.875. The Morgan fingerprint density at radius 1 is 1.10 bits per heavy atom. The molecule has 2 N–H and O–H groups in total. The summed E-state index contributed by atoms with van der Waals surface area (Å²) in [6, 6.07) is 9.79. The number of hydrogen-bond donors (Lipinski definition) is 1. The number of nitrogens with two attached hydrogens (primary N) is 1. The Bertz CT molecular complexity index is 631. The van der Waals surface area contributed by atoms with E-state index in [1.165, 1.54) is 6.07 Å². The predicted molar refractivity (Wildman–Crippen MR) is 72.6 cm³/mol. The molecule has 1 aliphatic rings. The molecule has 0 atom stereocenters. The lowest BCUT2D eigenvalue weighted by Gasteiger charge is -2.20. The van der Waals surface area contributed by atoms with Crippen LogP contribution in [-0.2, 0) is 6.61 Å². The van der Waals surface area contributed by atoms with Crippen molar-refractivity contribution in [2.45, 2.75) is 6.61 Å². The first-order chi connectivity index (χ1) is 9.74. The maximum absolute atomic E-state index is 13.5. The van der Waals surface area contributed by atoms with E-state index < -0.39 is 0 Å². The zero-order valence-electron chi connectivity index (χ0n) is 10.8. The molecule has 0 saturated carbocycles. The standard InChI is InChI=1S/C15H14FNO3/c16-11-4-2-1-3-10(11)9-20-13-8-15-14(7-12(13)17)18-5-6-19-15/h1-4,7-8H,5-6,9,17H2. The lowest BCUT2D eigenvalue weighted by molar-refractivity contribution is 0.170. The maximum Gasteiger partial charge on any atom is 0.165 e. The number of fused-ring (bicyclic) bond motifs is 1. The second-order valence-corrected chi connectivity index (χ2v) is 4.41. The second kappa shape index (κ2) is 5.28. The Labute approximate surface area is 115 Å².